The van der Waals surface area contributed by atoms with Crippen LogP contribution in [0.5, 0.6) is 0 Å². The molecule has 3 heteroatoms. The van der Waals surface area contributed by atoms with Crippen LogP contribution in [0.4, 0.5) is 0 Å². The summed E-state index contributed by atoms with van der Waals surface area (Å²) in [6, 6.07) is 0. The van der Waals surface area contributed by atoms with Crippen molar-refractivity contribution >= 4 is 5.91 Å². The van der Waals surface area contributed by atoms with E-state index in [1.54, 1.807) is 0 Å². The Balaban J connectivity index is 3.93. The van der Waals surface area contributed by atoms with Crippen LogP contribution in [-0.4, -0.2) is 30.4 Å². The first kappa shape index (κ1) is 12.2. The molecule has 0 saturated carbocycles. The number of amides is 1. The fourth-order valence-corrected chi connectivity index (χ4v) is 1.25. The predicted molar refractivity (Wildman–Crippen MR) is 55.4 cm³/mol. The Morgan fingerprint density at radius 2 is 1.77 bits per heavy atom. The van der Waals surface area contributed by atoms with E-state index in [4.69, 9.17) is 5.73 Å². The van der Waals surface area contributed by atoms with Crippen LogP contribution >= 0.6 is 0 Å². The molecule has 0 unspecified atom stereocenters. The minimum Gasteiger partial charge on any atom is -0.366 e. The van der Waals surface area contributed by atoms with Gasteiger partial charge in [-0.3, -0.25) is 9.69 Å². The maximum Gasteiger partial charge on any atom is 0.245 e. The summed E-state index contributed by atoms with van der Waals surface area (Å²) in [7, 11) is 0. The summed E-state index contributed by atoms with van der Waals surface area (Å²) < 4.78 is 0. The minimum absolute atomic E-state index is 0.391. The molecule has 2 N–H and O–H groups in total. The lowest BCUT2D eigenvalue weighted by molar-refractivity contribution is -0.114. The molecule has 0 atom stereocenters. The fraction of sp³-hybridized carbons (Fsp3) is 0.700. The van der Waals surface area contributed by atoms with Crippen LogP contribution in [0.25, 0.3) is 0 Å². The van der Waals surface area contributed by atoms with E-state index in [9.17, 15) is 4.79 Å². The first-order chi connectivity index (χ1) is 6.11. The molecule has 0 rings (SSSR count). The SMILES string of the molecule is C=C(CN(CCC)CCC)C(N)=O. The van der Waals surface area contributed by atoms with Gasteiger partial charge in [0.25, 0.3) is 0 Å². The molecule has 0 aliphatic heterocycles. The molecular formula is C10H20N2O. The average Bonchev–Trinajstić information content (AvgIpc) is 2.05. The maximum absolute atomic E-state index is 10.7. The summed E-state index contributed by atoms with van der Waals surface area (Å²) in [5.74, 6) is -0.391. The quantitative estimate of drug-likeness (QED) is 0.603. The molecule has 76 valence electrons. The molecular weight excluding hydrogens is 164 g/mol. The zero-order valence-corrected chi connectivity index (χ0v) is 8.68. The largest absolute Gasteiger partial charge is 0.366 e. The fourth-order valence-electron chi connectivity index (χ4n) is 1.25. The second-order valence-electron chi connectivity index (χ2n) is 3.24. The van der Waals surface area contributed by atoms with Crippen molar-refractivity contribution in [2.45, 2.75) is 26.7 Å². The first-order valence-electron chi connectivity index (χ1n) is 4.81. The molecule has 0 aromatic heterocycles. The predicted octanol–water partition coefficient (Wildman–Crippen LogP) is 1.15. The van der Waals surface area contributed by atoms with Gasteiger partial charge in [-0.15, -0.1) is 0 Å². The number of hydrogen-bond donors (Lipinski definition) is 1. The zero-order valence-electron chi connectivity index (χ0n) is 8.68. The van der Waals surface area contributed by atoms with E-state index < -0.39 is 5.91 Å². The van der Waals surface area contributed by atoms with Gasteiger partial charge >= 0.3 is 0 Å². The standard InChI is InChI=1S/C10H20N2O/c1-4-6-12(7-5-2)8-9(3)10(11)13/h3-8H2,1-2H3,(H2,11,13). The molecule has 0 spiro atoms. The molecule has 0 aliphatic carbocycles. The molecule has 0 fully saturated rings. The number of rotatable bonds is 7. The molecule has 0 saturated heterocycles. The molecule has 0 radical (unpaired) electrons. The van der Waals surface area contributed by atoms with Gasteiger partial charge in [0.05, 0.1) is 0 Å². The highest BCUT2D eigenvalue weighted by Crippen LogP contribution is 1.99. The lowest BCUT2D eigenvalue weighted by atomic mass is 10.2. The van der Waals surface area contributed by atoms with E-state index in [0.29, 0.717) is 12.1 Å². The number of nitrogens with zero attached hydrogens (tertiary/aromatic N) is 1. The average molecular weight is 184 g/mol. The molecule has 0 bridgehead atoms. The topological polar surface area (TPSA) is 46.3 Å². The van der Waals surface area contributed by atoms with E-state index in [1.807, 2.05) is 0 Å². The van der Waals surface area contributed by atoms with Crippen molar-refractivity contribution < 1.29 is 4.79 Å². The summed E-state index contributed by atoms with van der Waals surface area (Å²) in [5.41, 5.74) is 5.61. The Labute approximate surface area is 80.6 Å². The number of carbonyl (C=O) groups is 1. The maximum atomic E-state index is 10.7. The van der Waals surface area contributed by atoms with Gasteiger partial charge in [-0.1, -0.05) is 20.4 Å². The van der Waals surface area contributed by atoms with E-state index in [0.717, 1.165) is 25.9 Å². The van der Waals surface area contributed by atoms with Crippen molar-refractivity contribution in [2.24, 2.45) is 5.73 Å². The molecule has 0 aromatic carbocycles. The Kier molecular flexibility index (Phi) is 6.24. The van der Waals surface area contributed by atoms with Gasteiger partial charge in [-0.05, 0) is 25.9 Å². The summed E-state index contributed by atoms with van der Waals surface area (Å²) in [5, 5.41) is 0. The van der Waals surface area contributed by atoms with Crippen molar-refractivity contribution in [3.05, 3.63) is 12.2 Å². The van der Waals surface area contributed by atoms with Gasteiger partial charge in [0.2, 0.25) is 5.91 Å². The van der Waals surface area contributed by atoms with E-state index >= 15 is 0 Å². The third-order valence-electron chi connectivity index (χ3n) is 1.84. The van der Waals surface area contributed by atoms with Gasteiger partial charge in [-0.2, -0.15) is 0 Å². The van der Waals surface area contributed by atoms with Crippen molar-refractivity contribution in [3.8, 4) is 0 Å². The molecule has 3 nitrogen and oxygen atoms in total. The highest BCUT2D eigenvalue weighted by atomic mass is 16.1. The number of carbonyl (C=O) groups excluding carboxylic acids is 1. The Hall–Kier alpha value is -0.830. The number of primary amides is 1. The van der Waals surface area contributed by atoms with Gasteiger partial charge in [0.1, 0.15) is 0 Å². The highest BCUT2D eigenvalue weighted by molar-refractivity contribution is 5.91. The van der Waals surface area contributed by atoms with Crippen LogP contribution < -0.4 is 5.73 Å². The van der Waals surface area contributed by atoms with Crippen molar-refractivity contribution in [2.75, 3.05) is 19.6 Å². The molecule has 1 amide bonds. The minimum atomic E-state index is -0.391. The molecule has 0 heterocycles. The zero-order chi connectivity index (χ0) is 10.3. The summed E-state index contributed by atoms with van der Waals surface area (Å²) in [6.07, 6.45) is 2.18. The second kappa shape index (κ2) is 6.66. The summed E-state index contributed by atoms with van der Waals surface area (Å²) in [4.78, 5) is 12.9. The van der Waals surface area contributed by atoms with Crippen LogP contribution in [0.3, 0.4) is 0 Å². The smallest absolute Gasteiger partial charge is 0.245 e. The summed E-state index contributed by atoms with van der Waals surface area (Å²) >= 11 is 0. The monoisotopic (exact) mass is 184 g/mol. The molecule has 0 aliphatic rings. The lowest BCUT2D eigenvalue weighted by Crippen LogP contribution is -2.31. The lowest BCUT2D eigenvalue weighted by Gasteiger charge is -2.20. The van der Waals surface area contributed by atoms with E-state index in [1.165, 1.54) is 0 Å². The molecule has 13 heavy (non-hydrogen) atoms. The number of nitrogens with two attached hydrogens (primary N) is 1. The van der Waals surface area contributed by atoms with Gasteiger partial charge in [0, 0.05) is 12.1 Å². The van der Waals surface area contributed by atoms with Gasteiger partial charge < -0.3 is 5.73 Å². The third-order valence-corrected chi connectivity index (χ3v) is 1.84. The first-order valence-corrected chi connectivity index (χ1v) is 4.81. The number of hydrogen-bond acceptors (Lipinski definition) is 2. The van der Waals surface area contributed by atoms with E-state index in [2.05, 4.69) is 25.3 Å². The van der Waals surface area contributed by atoms with E-state index in [-0.39, 0.29) is 0 Å². The van der Waals surface area contributed by atoms with Crippen LogP contribution in [0.2, 0.25) is 0 Å². The van der Waals surface area contributed by atoms with Crippen LogP contribution in [0.15, 0.2) is 12.2 Å². The second-order valence-corrected chi connectivity index (χ2v) is 3.24. The Morgan fingerprint density at radius 3 is 2.08 bits per heavy atom. The van der Waals surface area contributed by atoms with Crippen molar-refractivity contribution in [1.29, 1.82) is 0 Å². The Bertz CT molecular complexity index is 172. The van der Waals surface area contributed by atoms with Crippen LogP contribution in [-0.2, 0) is 4.79 Å². The summed E-state index contributed by atoms with van der Waals surface area (Å²) in [6.45, 7) is 10.5. The van der Waals surface area contributed by atoms with Crippen LogP contribution in [0, 0.1) is 0 Å². The normalized spacial score (nSPS) is 10.4. The van der Waals surface area contributed by atoms with Crippen LogP contribution in [0.1, 0.15) is 26.7 Å². The molecule has 0 aromatic rings. The van der Waals surface area contributed by atoms with Gasteiger partial charge in [-0.25, -0.2) is 0 Å². The van der Waals surface area contributed by atoms with Crippen molar-refractivity contribution in [3.63, 3.8) is 0 Å². The van der Waals surface area contributed by atoms with Crippen molar-refractivity contribution in [1.82, 2.24) is 4.90 Å². The van der Waals surface area contributed by atoms with Gasteiger partial charge in [0.15, 0.2) is 0 Å². The highest BCUT2D eigenvalue weighted by Gasteiger charge is 2.07. The Morgan fingerprint density at radius 1 is 1.31 bits per heavy atom. The third kappa shape index (κ3) is 5.42.